The van der Waals surface area contributed by atoms with Crippen molar-refractivity contribution in [2.75, 3.05) is 17.2 Å². The van der Waals surface area contributed by atoms with E-state index in [-0.39, 0.29) is 43.3 Å². The molecule has 2 heterocycles. The molecule has 0 radical (unpaired) electrons. The van der Waals surface area contributed by atoms with Gasteiger partial charge in [-0.1, -0.05) is 14.4 Å². The predicted molar refractivity (Wildman–Crippen MR) is 115 cm³/mol. The lowest BCUT2D eigenvalue weighted by molar-refractivity contribution is -0.0245. The van der Waals surface area contributed by atoms with Crippen LogP contribution in [0.15, 0.2) is 18.7 Å². The minimum absolute atomic E-state index is 0. The highest BCUT2D eigenvalue weighted by atomic mass is 19.3. The second-order valence-electron chi connectivity index (χ2n) is 7.83. The fourth-order valence-corrected chi connectivity index (χ4v) is 3.25. The average Bonchev–Trinajstić information content (AvgIpc) is 2.73. The van der Waals surface area contributed by atoms with Gasteiger partial charge < -0.3 is 20.5 Å². The van der Waals surface area contributed by atoms with Gasteiger partial charge in [-0.2, -0.15) is 10.2 Å². The molecular formula is C21H29F2N7O2. The van der Waals surface area contributed by atoms with Gasteiger partial charge in [0.25, 0.3) is 5.92 Å². The van der Waals surface area contributed by atoms with Gasteiger partial charge in [-0.25, -0.2) is 23.7 Å². The number of hydrogen-bond acceptors (Lipinski definition) is 9. The molecule has 0 bridgehead atoms. The third kappa shape index (κ3) is 6.95. The second kappa shape index (κ2) is 10.9. The highest BCUT2D eigenvalue weighted by Gasteiger charge is 2.27. The smallest absolute Gasteiger partial charge is 0.278 e. The van der Waals surface area contributed by atoms with E-state index >= 15 is 0 Å². The Labute approximate surface area is 186 Å². The third-order valence-corrected chi connectivity index (χ3v) is 5.05. The summed E-state index contributed by atoms with van der Waals surface area (Å²) < 4.78 is 31.3. The molecule has 1 fully saturated rings. The van der Waals surface area contributed by atoms with Gasteiger partial charge in [0, 0.05) is 25.7 Å². The first-order chi connectivity index (χ1) is 14.7. The van der Waals surface area contributed by atoms with Crippen molar-refractivity contribution in [2.45, 2.75) is 65.1 Å². The largest absolute Gasteiger partial charge is 0.471 e. The fourth-order valence-electron chi connectivity index (χ4n) is 3.25. The number of rotatable bonds is 8. The molecule has 3 N–H and O–H groups in total. The molecule has 1 aliphatic carbocycles. The van der Waals surface area contributed by atoms with E-state index in [2.05, 4.69) is 36.6 Å². The molecule has 0 aliphatic heterocycles. The Morgan fingerprint density at radius 3 is 2.78 bits per heavy atom. The maximum atomic E-state index is 13.1. The maximum Gasteiger partial charge on any atom is 0.278 e. The van der Waals surface area contributed by atoms with Crippen molar-refractivity contribution in [2.24, 2.45) is 5.92 Å². The van der Waals surface area contributed by atoms with Crippen LogP contribution in [-0.4, -0.2) is 49.7 Å². The quantitative estimate of drug-likeness (QED) is 0.555. The lowest BCUT2D eigenvalue weighted by Crippen LogP contribution is -2.35. The number of nitrogens with zero attached hydrogens (tertiary/aromatic N) is 5. The molecule has 1 saturated carbocycles. The number of aromatic nitrogens is 4. The molecule has 2 aromatic heterocycles. The summed E-state index contributed by atoms with van der Waals surface area (Å²) in [5, 5.41) is 25.7. The van der Waals surface area contributed by atoms with Crippen molar-refractivity contribution in [3.05, 3.63) is 29.8 Å². The molecule has 0 unspecified atom stereocenters. The van der Waals surface area contributed by atoms with Crippen LogP contribution in [0.2, 0.25) is 0 Å². The van der Waals surface area contributed by atoms with E-state index in [0.717, 1.165) is 19.8 Å². The number of aliphatic hydroxyl groups excluding tert-OH is 1. The molecule has 3 atom stereocenters. The van der Waals surface area contributed by atoms with E-state index in [1.807, 2.05) is 6.92 Å². The highest BCUT2D eigenvalue weighted by molar-refractivity contribution is 5.54. The van der Waals surface area contributed by atoms with Gasteiger partial charge in [0.1, 0.15) is 23.8 Å². The van der Waals surface area contributed by atoms with Gasteiger partial charge in [0.15, 0.2) is 6.61 Å². The zero-order valence-corrected chi connectivity index (χ0v) is 17.3. The fraction of sp³-hybridized carbons (Fsp3) is 0.571. The van der Waals surface area contributed by atoms with Crippen LogP contribution in [0, 0.1) is 17.2 Å². The Bertz CT molecular complexity index is 933. The molecule has 174 valence electrons. The Hall–Kier alpha value is -3.13. The maximum absolute atomic E-state index is 13.1. The first-order valence-corrected chi connectivity index (χ1v) is 10.0. The van der Waals surface area contributed by atoms with E-state index in [1.165, 1.54) is 18.7 Å². The minimum atomic E-state index is -2.99. The molecule has 0 amide bonds. The Kier molecular flexibility index (Phi) is 8.60. The van der Waals surface area contributed by atoms with Crippen LogP contribution in [-0.2, 0) is 6.54 Å². The van der Waals surface area contributed by atoms with E-state index in [1.54, 1.807) is 0 Å². The summed E-state index contributed by atoms with van der Waals surface area (Å²) >= 11 is 0. The Morgan fingerprint density at radius 2 is 2.09 bits per heavy atom. The molecule has 3 rings (SSSR count). The van der Waals surface area contributed by atoms with Gasteiger partial charge in [0.2, 0.25) is 11.8 Å². The van der Waals surface area contributed by atoms with Crippen LogP contribution < -0.4 is 15.4 Å². The highest BCUT2D eigenvalue weighted by Crippen LogP contribution is 2.27. The van der Waals surface area contributed by atoms with Crippen molar-refractivity contribution < 1.29 is 18.6 Å². The van der Waals surface area contributed by atoms with E-state index < -0.39 is 18.6 Å². The van der Waals surface area contributed by atoms with Crippen molar-refractivity contribution >= 4 is 11.8 Å². The lowest BCUT2D eigenvalue weighted by Gasteiger charge is -2.31. The molecule has 0 aromatic carbocycles. The summed E-state index contributed by atoms with van der Waals surface area (Å²) in [4.78, 5) is 16.3. The number of halogens is 2. The summed E-state index contributed by atoms with van der Waals surface area (Å²) in [6, 6.07) is 2.06. The number of ether oxygens (including phenoxy) is 1. The number of alkyl halides is 2. The number of hydrogen-bond donors (Lipinski definition) is 3. The molecule has 11 heteroatoms. The van der Waals surface area contributed by atoms with Crippen LogP contribution in [0.1, 0.15) is 51.7 Å². The zero-order chi connectivity index (χ0) is 22.4. The number of aliphatic hydroxyl groups is 1. The second-order valence-corrected chi connectivity index (χ2v) is 7.83. The van der Waals surface area contributed by atoms with Gasteiger partial charge in [-0.15, -0.1) is 0 Å². The lowest BCUT2D eigenvalue weighted by atomic mass is 9.85. The van der Waals surface area contributed by atoms with Crippen LogP contribution in [0.4, 0.5) is 20.5 Å². The summed E-state index contributed by atoms with van der Waals surface area (Å²) in [5.74, 6) is -2.09. The van der Waals surface area contributed by atoms with E-state index in [4.69, 9.17) is 4.74 Å². The molecule has 32 heavy (non-hydrogen) atoms. The molecule has 0 spiro atoms. The topological polar surface area (TPSA) is 129 Å². The molecule has 0 saturated heterocycles. The zero-order valence-electron chi connectivity index (χ0n) is 17.3. The number of anilines is 2. The molecular weight excluding hydrogens is 420 g/mol. The summed E-state index contributed by atoms with van der Waals surface area (Å²) in [6.07, 6.45) is 5.98. The van der Waals surface area contributed by atoms with Crippen LogP contribution >= 0.6 is 0 Å². The van der Waals surface area contributed by atoms with Gasteiger partial charge in [-0.3, -0.25) is 0 Å². The van der Waals surface area contributed by atoms with Crippen molar-refractivity contribution in [3.63, 3.8) is 0 Å². The summed E-state index contributed by atoms with van der Waals surface area (Å²) in [6.45, 7) is 2.11. The third-order valence-electron chi connectivity index (χ3n) is 5.05. The van der Waals surface area contributed by atoms with Crippen LogP contribution in [0.25, 0.3) is 0 Å². The van der Waals surface area contributed by atoms with Crippen LogP contribution in [0.5, 0.6) is 5.88 Å². The monoisotopic (exact) mass is 449 g/mol. The minimum Gasteiger partial charge on any atom is -0.471 e. The van der Waals surface area contributed by atoms with Gasteiger partial charge >= 0.3 is 0 Å². The Balaban J connectivity index is 0.00000363. The van der Waals surface area contributed by atoms with Crippen LogP contribution in [0.3, 0.4) is 0 Å². The van der Waals surface area contributed by atoms with E-state index in [0.29, 0.717) is 17.8 Å². The average molecular weight is 450 g/mol. The molecule has 2 aromatic rings. The van der Waals surface area contributed by atoms with Crippen molar-refractivity contribution in [1.29, 1.82) is 5.26 Å². The Morgan fingerprint density at radius 1 is 1.31 bits per heavy atom. The van der Waals surface area contributed by atoms with Gasteiger partial charge in [0.05, 0.1) is 17.9 Å². The first kappa shape index (κ1) is 25.1. The number of nitriles is 1. The first-order valence-electron chi connectivity index (χ1n) is 10.0. The predicted octanol–water partition coefficient (Wildman–Crippen LogP) is 3.38. The van der Waals surface area contributed by atoms with Crippen molar-refractivity contribution in [3.8, 4) is 11.9 Å². The van der Waals surface area contributed by atoms with E-state index in [9.17, 15) is 19.1 Å². The standard InChI is InChI=1S/C20H25F2N7O2.CH4/c1-12-3-4-15(5-16(12)30)28-17-13(6-23)8-25-19(29-17)26-9-14-7-24-11-27-18(14)31-10-20(2,21)22;/h7-8,11-12,15-16,30H,3-5,9-10H2,1-2H3,(H2,25,26,28,29);1H4/t12-,15-,16-;/m1./s1. The normalized spacial score (nSPS) is 20.6. The number of nitrogens with one attached hydrogen (secondary N) is 2. The summed E-state index contributed by atoms with van der Waals surface area (Å²) in [5.41, 5.74) is 0.745. The SMILES string of the molecule is C.C[C@@H]1CC[C@@H](Nc2nc(NCc3cncnc3OCC(C)(F)F)ncc2C#N)C[C@H]1O. The molecule has 1 aliphatic rings. The summed E-state index contributed by atoms with van der Waals surface area (Å²) in [7, 11) is 0. The molecule has 9 nitrogen and oxygen atoms in total. The van der Waals surface area contributed by atoms with Gasteiger partial charge in [-0.05, 0) is 25.2 Å². The van der Waals surface area contributed by atoms with Crippen molar-refractivity contribution in [1.82, 2.24) is 19.9 Å².